The second-order valence-electron chi connectivity index (χ2n) is 14.8. The number of ketones is 1. The van der Waals surface area contributed by atoms with Crippen molar-refractivity contribution in [3.63, 3.8) is 0 Å². The van der Waals surface area contributed by atoms with Crippen LogP contribution in [-0.2, 0) is 43.2 Å². The van der Waals surface area contributed by atoms with Gasteiger partial charge in [0.25, 0.3) is 0 Å². The number of carbonyl (C=O) groups excluding carboxylic acids is 5. The number of hydrogen-bond donors (Lipinski definition) is 13. The molecule has 0 saturated carbocycles. The summed E-state index contributed by atoms with van der Waals surface area (Å²) in [5, 5.41) is 42.4. The molecule has 2 aromatic carbocycles. The average molecular weight is 1050 g/mol. The lowest BCUT2D eigenvalue weighted by Crippen LogP contribution is -2.28. The first-order valence-electron chi connectivity index (χ1n) is 24.7. The Morgan fingerprint density at radius 2 is 0.716 bits per heavy atom. The molecule has 0 aliphatic carbocycles. The van der Waals surface area contributed by atoms with Gasteiger partial charge in [-0.15, -0.1) is 0 Å². The topological polar surface area (TPSA) is 413 Å². The van der Waals surface area contributed by atoms with E-state index in [0.29, 0.717) is 104 Å². The maximum Gasteiger partial charge on any atom is 0.328 e. The minimum Gasteiger partial charge on any atom is -0.481 e. The number of nitrogens with one attached hydrogen (secondary N) is 4. The molecule has 2 rings (SSSR count). The number of carbonyl (C=O) groups is 9. The van der Waals surface area contributed by atoms with E-state index in [0.717, 1.165) is 49.3 Å². The van der Waals surface area contributed by atoms with E-state index >= 15 is 0 Å². The molecule has 422 valence electrons. The van der Waals surface area contributed by atoms with Gasteiger partial charge in [0, 0.05) is 104 Å². The molecule has 4 amide bonds. The van der Waals surface area contributed by atoms with Crippen molar-refractivity contribution in [3.05, 3.63) is 83.9 Å². The lowest BCUT2D eigenvalue weighted by atomic mass is 10.1. The molecule has 0 aromatic heterocycles. The summed E-state index contributed by atoms with van der Waals surface area (Å²) < 4.78 is 0. The van der Waals surface area contributed by atoms with Crippen LogP contribution in [0, 0.1) is 0 Å². The summed E-state index contributed by atoms with van der Waals surface area (Å²) in [6.45, 7) is 14.9. The predicted octanol–water partition coefficient (Wildman–Crippen LogP) is 3.65. The van der Waals surface area contributed by atoms with E-state index < -0.39 is 30.3 Å². The van der Waals surface area contributed by atoms with Gasteiger partial charge in [0.1, 0.15) is 6.42 Å². The van der Waals surface area contributed by atoms with Crippen molar-refractivity contribution < 1.29 is 63.6 Å². The highest BCUT2D eigenvalue weighted by molar-refractivity contribution is 5.93. The molecule has 0 heterocycles. The molecule has 0 unspecified atom stereocenters. The van der Waals surface area contributed by atoms with Crippen molar-refractivity contribution in [2.24, 2.45) is 28.7 Å². The zero-order chi connectivity index (χ0) is 57.6. The van der Waals surface area contributed by atoms with Crippen LogP contribution in [0.25, 0.3) is 12.2 Å². The molecular weight excluding hydrogens is 959 g/mol. The molecule has 0 aliphatic heterocycles. The van der Waals surface area contributed by atoms with Gasteiger partial charge >= 0.3 is 23.9 Å². The molecule has 18 N–H and O–H groups in total. The molecule has 2 aromatic rings. The molecule has 0 aliphatic rings. The van der Waals surface area contributed by atoms with E-state index in [4.69, 9.17) is 49.1 Å². The van der Waals surface area contributed by atoms with Crippen molar-refractivity contribution in [2.45, 2.75) is 118 Å². The largest absolute Gasteiger partial charge is 0.481 e. The summed E-state index contributed by atoms with van der Waals surface area (Å²) in [6, 6.07) is 19.0. The molecule has 0 saturated heterocycles. The Morgan fingerprint density at radius 1 is 0.405 bits per heavy atom. The minimum absolute atomic E-state index is 0.0646. The predicted molar refractivity (Wildman–Crippen MR) is 292 cm³/mol. The Balaban J connectivity index is -0.000000186. The lowest BCUT2D eigenvalue weighted by Gasteiger charge is -2.02. The molecule has 74 heavy (non-hydrogen) atoms. The SMILES string of the molecule is CCCC(=O)NCCCC(=O)/C=C/c1ccccc1.CCCC(=O)NCCN.CCCC(=O)NCCN.CCCC(=O)NCCN.CCCC(=O)O.NCCN.O=C(O)/C=C/c1ccccc1.O=C(O)CC(=O)O. The van der Waals surface area contributed by atoms with E-state index in [1.54, 1.807) is 12.2 Å². The van der Waals surface area contributed by atoms with Crippen molar-refractivity contribution in [2.75, 3.05) is 58.9 Å². The zero-order valence-corrected chi connectivity index (χ0v) is 44.5. The Bertz CT molecular complexity index is 1700. The summed E-state index contributed by atoms with van der Waals surface area (Å²) in [6.07, 6.45) is 13.4. The molecular formula is C52H91N9O13. The zero-order valence-electron chi connectivity index (χ0n) is 44.5. The third kappa shape index (κ3) is 79.3. The number of rotatable bonds is 27. The number of nitrogens with two attached hydrogens (primary N) is 5. The highest BCUT2D eigenvalue weighted by Crippen LogP contribution is 2.03. The first kappa shape index (κ1) is 78.6. The highest BCUT2D eigenvalue weighted by Gasteiger charge is 2.02. The van der Waals surface area contributed by atoms with Gasteiger partial charge < -0.3 is 70.4 Å². The van der Waals surface area contributed by atoms with Crippen molar-refractivity contribution >= 4 is 65.4 Å². The van der Waals surface area contributed by atoms with Crippen molar-refractivity contribution in [1.82, 2.24) is 21.3 Å². The summed E-state index contributed by atoms with van der Waals surface area (Å²) in [5.74, 6) is -3.80. The van der Waals surface area contributed by atoms with Gasteiger partial charge in [-0.25, -0.2) is 4.79 Å². The number of benzene rings is 2. The molecule has 0 bridgehead atoms. The number of amides is 4. The van der Waals surface area contributed by atoms with Crippen molar-refractivity contribution in [1.29, 1.82) is 0 Å². The van der Waals surface area contributed by atoms with Crippen LogP contribution >= 0.6 is 0 Å². The Labute approximate surface area is 438 Å². The molecule has 22 heteroatoms. The van der Waals surface area contributed by atoms with Gasteiger partial charge in [-0.1, -0.05) is 101 Å². The number of carboxylic acids is 4. The first-order valence-corrected chi connectivity index (χ1v) is 24.7. The number of allylic oxidation sites excluding steroid dienone is 1. The van der Waals surface area contributed by atoms with Gasteiger partial charge in [0.15, 0.2) is 5.78 Å². The maximum atomic E-state index is 11.6. The molecule has 0 atom stereocenters. The van der Waals surface area contributed by atoms with Crippen LogP contribution in [0.3, 0.4) is 0 Å². The normalized spacial score (nSPS) is 9.38. The molecule has 0 radical (unpaired) electrons. The van der Waals surface area contributed by atoms with Crippen LogP contribution < -0.4 is 49.9 Å². The number of aliphatic carboxylic acids is 4. The van der Waals surface area contributed by atoms with E-state index in [1.807, 2.05) is 101 Å². The molecule has 22 nitrogen and oxygen atoms in total. The molecule has 0 fully saturated rings. The highest BCUT2D eigenvalue weighted by atomic mass is 16.4. The van der Waals surface area contributed by atoms with Gasteiger partial charge in [-0.2, -0.15) is 0 Å². The fourth-order valence-electron chi connectivity index (χ4n) is 4.30. The standard InChI is InChI=1S/C16H21NO2.C9H8O2.3C6H14N2O.C4H8O2.C3H4O4.C2H8N2/c1-2-7-16(19)17-13-6-10-15(18)12-11-14-8-4-3-5-9-14;10-9(11)7-6-8-4-2-1-3-5-8;3*1-2-3-6(9)8-5-4-7;1-2-3-4(5)6;4-2(5)1-3(6)7;3-1-2-4/h3-5,8-9,11-12H,2,6-7,10,13H2,1H3,(H,17,19);1-7H,(H,10,11);3*2-5,7H2,1H3,(H,8,9);2-3H2,1H3,(H,5,6);1H2,(H,4,5)(H,6,7);1-4H2/b12-11+;7-6+;;;;;;. The Hall–Kier alpha value is -6.85. The molecule has 0 spiro atoms. The fourth-order valence-corrected chi connectivity index (χ4v) is 4.30. The van der Waals surface area contributed by atoms with Gasteiger partial charge in [0.2, 0.25) is 23.6 Å². The van der Waals surface area contributed by atoms with E-state index in [2.05, 4.69) is 21.3 Å². The monoisotopic (exact) mass is 1050 g/mol. The van der Waals surface area contributed by atoms with Gasteiger partial charge in [-0.05, 0) is 61.8 Å². The quantitative estimate of drug-likeness (QED) is 0.0345. The van der Waals surface area contributed by atoms with E-state index in [-0.39, 0.29) is 29.4 Å². The van der Waals surface area contributed by atoms with Crippen LogP contribution in [0.1, 0.15) is 129 Å². The second-order valence-corrected chi connectivity index (χ2v) is 14.8. The summed E-state index contributed by atoms with van der Waals surface area (Å²) in [7, 11) is 0. The van der Waals surface area contributed by atoms with Crippen LogP contribution in [-0.4, -0.2) is 133 Å². The maximum absolute atomic E-state index is 11.6. The third-order valence-electron chi connectivity index (χ3n) is 7.64. The van der Waals surface area contributed by atoms with E-state index in [1.165, 1.54) is 0 Å². The van der Waals surface area contributed by atoms with Crippen LogP contribution in [0.2, 0.25) is 0 Å². The Kier molecular flexibility index (Phi) is 68.1. The van der Waals surface area contributed by atoms with Gasteiger partial charge in [-0.3, -0.25) is 38.4 Å². The Morgan fingerprint density at radius 3 is 0.946 bits per heavy atom. The van der Waals surface area contributed by atoms with Crippen LogP contribution in [0.4, 0.5) is 0 Å². The smallest absolute Gasteiger partial charge is 0.328 e. The van der Waals surface area contributed by atoms with Crippen LogP contribution in [0.5, 0.6) is 0 Å². The number of carboxylic acid groups (broad SMARTS) is 4. The third-order valence-corrected chi connectivity index (χ3v) is 7.64. The summed E-state index contributed by atoms with van der Waals surface area (Å²) >= 11 is 0. The summed E-state index contributed by atoms with van der Waals surface area (Å²) in [5.41, 5.74) is 27.2. The van der Waals surface area contributed by atoms with E-state index in [9.17, 15) is 43.2 Å². The minimum atomic E-state index is -1.31. The average Bonchev–Trinajstić information content (AvgIpc) is 3.36. The van der Waals surface area contributed by atoms with Crippen molar-refractivity contribution in [3.8, 4) is 0 Å². The van der Waals surface area contributed by atoms with Crippen LogP contribution in [0.15, 0.2) is 72.8 Å². The number of hydrogen-bond acceptors (Lipinski definition) is 14. The lowest BCUT2D eigenvalue weighted by molar-refractivity contribution is -0.147. The summed E-state index contributed by atoms with van der Waals surface area (Å²) in [4.78, 5) is 93.2. The first-order chi connectivity index (χ1) is 35.2. The fraction of sp³-hybridized carbons (Fsp3) is 0.519. The van der Waals surface area contributed by atoms with Gasteiger partial charge in [0.05, 0.1) is 0 Å². The second kappa shape index (κ2) is 64.2.